The number of rotatable bonds is 10. The highest BCUT2D eigenvalue weighted by molar-refractivity contribution is 6.74. The van der Waals surface area contributed by atoms with Crippen LogP contribution in [0.3, 0.4) is 0 Å². The van der Waals surface area contributed by atoms with E-state index in [1.165, 1.54) is 0 Å². The van der Waals surface area contributed by atoms with Crippen molar-refractivity contribution in [1.82, 2.24) is 21.3 Å². The van der Waals surface area contributed by atoms with Gasteiger partial charge >= 0.3 is 24.4 Å². The molecule has 0 aliphatic carbocycles. The van der Waals surface area contributed by atoms with E-state index in [0.717, 1.165) is 0 Å². The second-order valence-corrected chi connectivity index (χ2v) is 21.4. The summed E-state index contributed by atoms with van der Waals surface area (Å²) in [7, 11) is -2.09. The van der Waals surface area contributed by atoms with Gasteiger partial charge in [0.25, 0.3) is 0 Å². The number of amides is 4. The Morgan fingerprint density at radius 1 is 0.511 bits per heavy atom. The zero-order valence-electron chi connectivity index (χ0n) is 32.1. The van der Waals surface area contributed by atoms with Crippen LogP contribution in [-0.2, 0) is 23.4 Å². The van der Waals surface area contributed by atoms with Crippen LogP contribution in [0.1, 0.15) is 104 Å². The largest absolute Gasteiger partial charge is 0.444 e. The summed E-state index contributed by atoms with van der Waals surface area (Å²) in [6, 6.07) is 0. The fourth-order valence-corrected chi connectivity index (χ4v) is 4.23. The Kier molecular flexibility index (Phi) is 18.4. The summed E-state index contributed by atoms with van der Waals surface area (Å²) in [5, 5.41) is 19.9. The van der Waals surface area contributed by atoms with Gasteiger partial charge in [0.2, 0.25) is 0 Å². The van der Waals surface area contributed by atoms with Crippen LogP contribution in [-0.4, -0.2) is 98.6 Å². The maximum absolute atomic E-state index is 12.0. The molecule has 0 aromatic carbocycles. The fourth-order valence-electron chi connectivity index (χ4n) is 2.87. The number of aliphatic hydroxyl groups excluding tert-OH is 1. The van der Waals surface area contributed by atoms with Crippen molar-refractivity contribution in [3.05, 3.63) is 0 Å². The number of carbonyl (C=O) groups is 4. The van der Waals surface area contributed by atoms with Gasteiger partial charge < -0.3 is 49.7 Å². The highest BCUT2D eigenvalue weighted by atomic mass is 28.4. The van der Waals surface area contributed by atoms with Crippen molar-refractivity contribution in [2.45, 2.75) is 157 Å². The molecule has 0 fully saturated rings. The molecule has 14 nitrogen and oxygen atoms in total. The van der Waals surface area contributed by atoms with E-state index in [1.807, 2.05) is 0 Å². The molecule has 278 valence electrons. The zero-order chi connectivity index (χ0) is 37.7. The molecular formula is C32H66N4O10Si. The number of hydrogen-bond donors (Lipinski definition) is 5. The smallest absolute Gasteiger partial charge is 0.407 e. The summed E-state index contributed by atoms with van der Waals surface area (Å²) in [6.07, 6.45) is -3.56. The van der Waals surface area contributed by atoms with Crippen LogP contribution in [0.25, 0.3) is 0 Å². The second-order valence-electron chi connectivity index (χ2n) is 16.7. The number of alkyl carbamates (subject to hydrolysis) is 4. The zero-order valence-corrected chi connectivity index (χ0v) is 33.1. The van der Waals surface area contributed by atoms with Gasteiger partial charge in [0.05, 0.1) is 12.2 Å². The van der Waals surface area contributed by atoms with Gasteiger partial charge in [-0.15, -0.1) is 0 Å². The Morgan fingerprint density at radius 3 is 0.957 bits per heavy atom. The van der Waals surface area contributed by atoms with Crippen LogP contribution in [0.4, 0.5) is 19.2 Å². The number of ether oxygens (including phenoxy) is 4. The molecular weight excluding hydrogens is 628 g/mol. The molecule has 0 aromatic heterocycles. The van der Waals surface area contributed by atoms with E-state index in [2.05, 4.69) is 55.1 Å². The normalized spacial score (nSPS) is 12.8. The quantitative estimate of drug-likeness (QED) is 0.138. The van der Waals surface area contributed by atoms with Gasteiger partial charge in [0.15, 0.2) is 8.32 Å². The summed E-state index contributed by atoms with van der Waals surface area (Å²) in [6.45, 7) is 32.4. The summed E-state index contributed by atoms with van der Waals surface area (Å²) in [4.78, 5) is 46.6. The fraction of sp³-hybridized carbons (Fsp3) is 0.875. The maximum Gasteiger partial charge on any atom is 0.407 e. The highest BCUT2D eigenvalue weighted by Gasteiger charge is 2.39. The molecule has 0 aliphatic heterocycles. The van der Waals surface area contributed by atoms with Gasteiger partial charge in [0.1, 0.15) is 22.4 Å². The summed E-state index contributed by atoms with van der Waals surface area (Å²) in [5.74, 6) is 0. The van der Waals surface area contributed by atoms with Crippen LogP contribution < -0.4 is 21.3 Å². The Labute approximate surface area is 284 Å². The van der Waals surface area contributed by atoms with Gasteiger partial charge in [-0.1, -0.05) is 20.8 Å². The minimum atomic E-state index is -2.09. The molecule has 0 unspecified atom stereocenters. The molecule has 0 aliphatic rings. The van der Waals surface area contributed by atoms with Crippen LogP contribution in [0.15, 0.2) is 0 Å². The lowest BCUT2D eigenvalue weighted by molar-refractivity contribution is 0.0445. The molecule has 0 heterocycles. The average Bonchev–Trinajstić information content (AvgIpc) is 2.78. The van der Waals surface area contributed by atoms with E-state index in [1.54, 1.807) is 83.1 Å². The Bertz CT molecular complexity index is 924. The third-order valence-electron chi connectivity index (χ3n) is 5.78. The summed E-state index contributed by atoms with van der Waals surface area (Å²) >= 11 is 0. The van der Waals surface area contributed by atoms with Crippen LogP contribution >= 0.6 is 0 Å². The minimum Gasteiger partial charge on any atom is -0.444 e. The molecule has 0 aromatic rings. The lowest BCUT2D eigenvalue weighted by atomic mass is 10.2. The van der Waals surface area contributed by atoms with Crippen molar-refractivity contribution in [3.63, 3.8) is 0 Å². The first kappa shape index (κ1) is 46.3. The molecule has 15 heteroatoms. The Hall–Kier alpha value is -2.78. The predicted octanol–water partition coefficient (Wildman–Crippen LogP) is 5.82. The van der Waals surface area contributed by atoms with Crippen molar-refractivity contribution in [2.75, 3.05) is 26.2 Å². The molecule has 0 saturated carbocycles. The molecule has 0 rings (SSSR count). The molecule has 4 amide bonds. The van der Waals surface area contributed by atoms with Crippen LogP contribution in [0.5, 0.6) is 0 Å². The third-order valence-corrected chi connectivity index (χ3v) is 10.3. The van der Waals surface area contributed by atoms with E-state index in [0.29, 0.717) is 0 Å². The SMILES string of the molecule is CC(C)(C)OC(=O)NCC(CNC(=O)OC(C)(C)C)O[Si](C)(C)C(C)(C)C.CC(C)(C)OC(=O)NCC(O)CNC(=O)OC(C)(C)C. The van der Waals surface area contributed by atoms with Gasteiger partial charge in [-0.2, -0.15) is 0 Å². The van der Waals surface area contributed by atoms with Crippen molar-refractivity contribution >= 4 is 32.7 Å². The van der Waals surface area contributed by atoms with Crippen LogP contribution in [0, 0.1) is 0 Å². The molecule has 0 bridgehead atoms. The molecule has 0 spiro atoms. The molecule has 0 atom stereocenters. The van der Waals surface area contributed by atoms with E-state index >= 15 is 0 Å². The average molecular weight is 695 g/mol. The molecule has 0 radical (unpaired) electrons. The highest BCUT2D eigenvalue weighted by Crippen LogP contribution is 2.37. The number of hydrogen-bond acceptors (Lipinski definition) is 10. The van der Waals surface area contributed by atoms with Crippen molar-refractivity contribution in [2.24, 2.45) is 0 Å². The minimum absolute atomic E-state index is 0.00306. The number of aliphatic hydroxyl groups is 1. The van der Waals surface area contributed by atoms with E-state index in [9.17, 15) is 24.3 Å². The topological polar surface area (TPSA) is 183 Å². The Balaban J connectivity index is 0. The monoisotopic (exact) mass is 694 g/mol. The summed E-state index contributed by atoms with van der Waals surface area (Å²) in [5.41, 5.74) is -2.34. The van der Waals surface area contributed by atoms with E-state index in [-0.39, 0.29) is 37.3 Å². The molecule has 0 saturated heterocycles. The predicted molar refractivity (Wildman–Crippen MR) is 185 cm³/mol. The lowest BCUT2D eigenvalue weighted by Gasteiger charge is -2.39. The first-order valence-electron chi connectivity index (χ1n) is 15.9. The van der Waals surface area contributed by atoms with Gasteiger partial charge in [0, 0.05) is 26.2 Å². The van der Waals surface area contributed by atoms with E-state index in [4.69, 9.17) is 23.4 Å². The van der Waals surface area contributed by atoms with Gasteiger partial charge in [-0.05, 0) is 101 Å². The van der Waals surface area contributed by atoms with Crippen molar-refractivity contribution < 1.29 is 47.7 Å². The van der Waals surface area contributed by atoms with Crippen LogP contribution in [0.2, 0.25) is 18.1 Å². The van der Waals surface area contributed by atoms with Crippen molar-refractivity contribution in [3.8, 4) is 0 Å². The Morgan fingerprint density at radius 2 is 0.745 bits per heavy atom. The van der Waals surface area contributed by atoms with Gasteiger partial charge in [-0.25, -0.2) is 19.2 Å². The number of carbonyl (C=O) groups excluding carboxylic acids is 4. The maximum atomic E-state index is 12.0. The number of nitrogens with one attached hydrogen (secondary N) is 4. The van der Waals surface area contributed by atoms with Gasteiger partial charge in [-0.3, -0.25) is 0 Å². The third kappa shape index (κ3) is 28.0. The first-order chi connectivity index (χ1) is 20.7. The summed E-state index contributed by atoms with van der Waals surface area (Å²) < 4.78 is 26.9. The van der Waals surface area contributed by atoms with E-state index < -0.39 is 61.2 Å². The first-order valence-corrected chi connectivity index (χ1v) is 18.9. The molecule has 5 N–H and O–H groups in total. The lowest BCUT2D eigenvalue weighted by Crippen LogP contribution is -2.51. The van der Waals surface area contributed by atoms with Crippen molar-refractivity contribution in [1.29, 1.82) is 0 Å². The standard InChI is InChI=1S/C19H40N2O5Si.C13H26N2O5/c1-17(2,3)24-15(22)20-12-14(26-27(10,11)19(7,8)9)13-21-16(23)25-18(4,5)6;1-12(2,3)19-10(17)14-7-9(16)8-15-11(18)20-13(4,5)6/h14H,12-13H2,1-11H3,(H,20,22)(H,21,23);9,16H,7-8H2,1-6H3,(H,14,17)(H,15,18). The second kappa shape index (κ2) is 18.7. The molecule has 47 heavy (non-hydrogen) atoms.